The van der Waals surface area contributed by atoms with Crippen LogP contribution in [0.2, 0.25) is 0 Å². The van der Waals surface area contributed by atoms with Gasteiger partial charge in [0.1, 0.15) is 5.76 Å². The van der Waals surface area contributed by atoms with Gasteiger partial charge in [-0.1, -0.05) is 12.1 Å². The van der Waals surface area contributed by atoms with E-state index in [9.17, 15) is 4.79 Å². The van der Waals surface area contributed by atoms with E-state index in [1.165, 1.54) is 7.11 Å². The van der Waals surface area contributed by atoms with Crippen LogP contribution < -0.4 is 0 Å². The van der Waals surface area contributed by atoms with Gasteiger partial charge in [-0.05, 0) is 37.2 Å². The zero-order valence-electron chi connectivity index (χ0n) is 12.1. The Bertz CT molecular complexity index is 479. The second-order valence-electron chi connectivity index (χ2n) is 4.98. The molecule has 1 aromatic rings. The van der Waals surface area contributed by atoms with Crippen LogP contribution in [-0.4, -0.2) is 44.7 Å². The molecule has 1 aromatic carbocycles. The molecule has 1 heterocycles. The number of carbonyl (C=O) groups is 1. The molecule has 0 bridgehead atoms. The number of nitrogens with zero attached hydrogens (tertiary/aromatic N) is 1. The van der Waals surface area contributed by atoms with Gasteiger partial charge in [-0.3, -0.25) is 4.90 Å². The van der Waals surface area contributed by atoms with Crippen molar-refractivity contribution in [3.05, 3.63) is 47.2 Å². The molecule has 0 atom stereocenters. The molecule has 0 fully saturated rings. The number of rotatable bonds is 5. The van der Waals surface area contributed by atoms with Gasteiger partial charge in [-0.2, -0.15) is 0 Å². The van der Waals surface area contributed by atoms with Crippen LogP contribution in [0, 0.1) is 0 Å². The number of likely N-dealkylation sites (N-methyl/N-ethyl adjacent to an activating group) is 1. The average Bonchev–Trinajstić information content (AvgIpc) is 2.47. The molecular weight excluding hydrogens is 254 g/mol. The summed E-state index contributed by atoms with van der Waals surface area (Å²) in [6, 6.07) is 7.46. The predicted octanol–water partition coefficient (Wildman–Crippen LogP) is 2.25. The SMILES string of the molecule is COC(=O)c1ccc(CCOC2=CCCN(C)C2)cc1. The van der Waals surface area contributed by atoms with E-state index in [4.69, 9.17) is 4.74 Å². The molecule has 0 unspecified atom stereocenters. The molecule has 0 amide bonds. The van der Waals surface area contributed by atoms with Crippen molar-refractivity contribution < 1.29 is 14.3 Å². The highest BCUT2D eigenvalue weighted by atomic mass is 16.5. The Balaban J connectivity index is 1.79. The first-order chi connectivity index (χ1) is 9.69. The van der Waals surface area contributed by atoms with Crippen LogP contribution in [0.5, 0.6) is 0 Å². The van der Waals surface area contributed by atoms with Gasteiger partial charge in [0.05, 0.1) is 25.8 Å². The Morgan fingerprint density at radius 3 is 2.70 bits per heavy atom. The second-order valence-corrected chi connectivity index (χ2v) is 4.98. The van der Waals surface area contributed by atoms with Crippen molar-refractivity contribution in [2.45, 2.75) is 12.8 Å². The van der Waals surface area contributed by atoms with Crippen LogP contribution in [0.1, 0.15) is 22.3 Å². The van der Waals surface area contributed by atoms with Crippen molar-refractivity contribution in [1.82, 2.24) is 4.90 Å². The fraction of sp³-hybridized carbons (Fsp3) is 0.438. The minimum Gasteiger partial charge on any atom is -0.497 e. The van der Waals surface area contributed by atoms with Gasteiger partial charge in [0.15, 0.2) is 0 Å². The number of methoxy groups -OCH3 is 1. The first-order valence-corrected chi connectivity index (χ1v) is 6.86. The van der Waals surface area contributed by atoms with Crippen LogP contribution in [-0.2, 0) is 15.9 Å². The zero-order valence-corrected chi connectivity index (χ0v) is 12.1. The quantitative estimate of drug-likeness (QED) is 0.773. The van der Waals surface area contributed by atoms with Gasteiger partial charge in [0, 0.05) is 13.0 Å². The third-order valence-corrected chi connectivity index (χ3v) is 3.36. The normalized spacial score (nSPS) is 15.6. The second kappa shape index (κ2) is 7.10. The summed E-state index contributed by atoms with van der Waals surface area (Å²) in [6.07, 6.45) is 4.06. The molecule has 4 nitrogen and oxygen atoms in total. The van der Waals surface area contributed by atoms with Gasteiger partial charge >= 0.3 is 5.97 Å². The Hall–Kier alpha value is -1.81. The van der Waals surface area contributed by atoms with Crippen LogP contribution in [0.3, 0.4) is 0 Å². The van der Waals surface area contributed by atoms with Gasteiger partial charge < -0.3 is 9.47 Å². The molecule has 0 radical (unpaired) electrons. The van der Waals surface area contributed by atoms with Crippen molar-refractivity contribution in [3.63, 3.8) is 0 Å². The zero-order chi connectivity index (χ0) is 14.4. The van der Waals surface area contributed by atoms with E-state index in [-0.39, 0.29) is 5.97 Å². The summed E-state index contributed by atoms with van der Waals surface area (Å²) >= 11 is 0. The number of benzene rings is 1. The van der Waals surface area contributed by atoms with Crippen molar-refractivity contribution in [2.75, 3.05) is 33.9 Å². The average molecular weight is 275 g/mol. The lowest BCUT2D eigenvalue weighted by Crippen LogP contribution is -2.26. The van der Waals surface area contributed by atoms with E-state index >= 15 is 0 Å². The Kier molecular flexibility index (Phi) is 5.18. The van der Waals surface area contributed by atoms with Gasteiger partial charge in [0.25, 0.3) is 0 Å². The molecule has 0 saturated carbocycles. The highest BCUT2D eigenvalue weighted by Gasteiger charge is 2.09. The molecule has 20 heavy (non-hydrogen) atoms. The van der Waals surface area contributed by atoms with Crippen LogP contribution >= 0.6 is 0 Å². The maximum Gasteiger partial charge on any atom is 0.337 e. The first-order valence-electron chi connectivity index (χ1n) is 6.86. The molecule has 0 aromatic heterocycles. The largest absolute Gasteiger partial charge is 0.497 e. The Morgan fingerprint density at radius 1 is 1.30 bits per heavy atom. The summed E-state index contributed by atoms with van der Waals surface area (Å²) in [4.78, 5) is 13.6. The van der Waals surface area contributed by atoms with E-state index in [1.807, 2.05) is 12.1 Å². The highest BCUT2D eigenvalue weighted by Crippen LogP contribution is 2.11. The van der Waals surface area contributed by atoms with Crippen molar-refractivity contribution in [3.8, 4) is 0 Å². The highest BCUT2D eigenvalue weighted by molar-refractivity contribution is 5.89. The lowest BCUT2D eigenvalue weighted by molar-refractivity contribution is 0.0600. The van der Waals surface area contributed by atoms with E-state index in [1.54, 1.807) is 12.1 Å². The number of hydrogen-bond donors (Lipinski definition) is 0. The molecule has 0 saturated heterocycles. The topological polar surface area (TPSA) is 38.8 Å². The smallest absolute Gasteiger partial charge is 0.337 e. The predicted molar refractivity (Wildman–Crippen MR) is 77.6 cm³/mol. The van der Waals surface area contributed by atoms with Crippen molar-refractivity contribution in [2.24, 2.45) is 0 Å². The number of esters is 1. The number of ether oxygens (including phenoxy) is 2. The minimum atomic E-state index is -0.303. The van der Waals surface area contributed by atoms with E-state index < -0.39 is 0 Å². The third kappa shape index (κ3) is 4.10. The molecule has 0 aliphatic carbocycles. The molecular formula is C16H21NO3. The number of hydrogen-bond acceptors (Lipinski definition) is 4. The van der Waals surface area contributed by atoms with E-state index in [0.717, 1.165) is 37.3 Å². The van der Waals surface area contributed by atoms with Gasteiger partial charge in [-0.25, -0.2) is 4.79 Å². The molecule has 0 N–H and O–H groups in total. The summed E-state index contributed by atoms with van der Waals surface area (Å²) in [5.41, 5.74) is 1.73. The Morgan fingerprint density at radius 2 is 2.05 bits per heavy atom. The monoisotopic (exact) mass is 275 g/mol. The Labute approximate surface area is 120 Å². The van der Waals surface area contributed by atoms with Crippen LogP contribution in [0.15, 0.2) is 36.1 Å². The maximum atomic E-state index is 11.3. The summed E-state index contributed by atoms with van der Waals surface area (Å²) in [5, 5.41) is 0. The minimum absolute atomic E-state index is 0.303. The summed E-state index contributed by atoms with van der Waals surface area (Å²) in [6.45, 7) is 2.65. The third-order valence-electron chi connectivity index (χ3n) is 3.36. The lowest BCUT2D eigenvalue weighted by Gasteiger charge is -2.23. The van der Waals surface area contributed by atoms with Crippen molar-refractivity contribution in [1.29, 1.82) is 0 Å². The fourth-order valence-electron chi connectivity index (χ4n) is 2.19. The molecule has 0 spiro atoms. The van der Waals surface area contributed by atoms with Crippen molar-refractivity contribution >= 4 is 5.97 Å². The standard InChI is InChI=1S/C16H21NO3/c1-17-10-3-4-15(12-17)20-11-9-13-5-7-14(8-6-13)16(18)19-2/h4-8H,3,9-12H2,1-2H3. The summed E-state index contributed by atoms with van der Waals surface area (Å²) in [5.74, 6) is 0.758. The van der Waals surface area contributed by atoms with E-state index in [0.29, 0.717) is 12.2 Å². The van der Waals surface area contributed by atoms with Crippen LogP contribution in [0.4, 0.5) is 0 Å². The summed E-state index contributed by atoms with van der Waals surface area (Å²) in [7, 11) is 3.49. The fourth-order valence-corrected chi connectivity index (χ4v) is 2.19. The molecule has 1 aliphatic rings. The number of carbonyl (C=O) groups excluding carboxylic acids is 1. The molecule has 1 aliphatic heterocycles. The first kappa shape index (κ1) is 14.6. The molecule has 2 rings (SSSR count). The summed E-state index contributed by atoms with van der Waals surface area (Å²) < 4.78 is 10.5. The lowest BCUT2D eigenvalue weighted by atomic mass is 10.1. The maximum absolute atomic E-state index is 11.3. The van der Waals surface area contributed by atoms with E-state index in [2.05, 4.69) is 22.8 Å². The molecule has 4 heteroatoms. The van der Waals surface area contributed by atoms with Gasteiger partial charge in [-0.15, -0.1) is 0 Å². The van der Waals surface area contributed by atoms with Crippen LogP contribution in [0.25, 0.3) is 0 Å². The molecule has 108 valence electrons. The van der Waals surface area contributed by atoms with Gasteiger partial charge in [0.2, 0.25) is 0 Å².